The summed E-state index contributed by atoms with van der Waals surface area (Å²) in [5, 5.41) is 2.90. The first-order valence-electron chi connectivity index (χ1n) is 7.39. The fourth-order valence-corrected chi connectivity index (χ4v) is 8.01. The van der Waals surface area contributed by atoms with Gasteiger partial charge >= 0.3 is 0 Å². The van der Waals surface area contributed by atoms with E-state index in [1.807, 2.05) is 45.3 Å². The Kier molecular flexibility index (Phi) is 2.79. The third-order valence-corrected chi connectivity index (χ3v) is 9.13. The van der Waals surface area contributed by atoms with Crippen molar-refractivity contribution in [1.82, 2.24) is 0 Å². The quantitative estimate of drug-likeness (QED) is 0.285. The fourth-order valence-electron chi connectivity index (χ4n) is 3.02. The lowest BCUT2D eigenvalue weighted by Gasteiger charge is -1.97. The van der Waals surface area contributed by atoms with Crippen LogP contribution >= 0.6 is 45.3 Å². The molecule has 0 saturated heterocycles. The predicted octanol–water partition coefficient (Wildman–Crippen LogP) is 7.98. The molecule has 5 aromatic rings. The number of thiophene rings is 4. The largest absolute Gasteiger partial charge is 0.139 e. The lowest BCUT2D eigenvalue weighted by Crippen LogP contribution is -1.77. The van der Waals surface area contributed by atoms with E-state index in [9.17, 15) is 0 Å². The third-order valence-electron chi connectivity index (χ3n) is 4.12. The zero-order valence-corrected chi connectivity index (χ0v) is 15.8. The minimum atomic E-state index is 0.624. The molecule has 4 aromatic heterocycles. The van der Waals surface area contributed by atoms with Crippen molar-refractivity contribution in [2.75, 3.05) is 0 Å². The smallest absolute Gasteiger partial charge is 0.0532 e. The molecule has 0 radical (unpaired) electrons. The number of aryl methyl sites for hydroxylation is 1. The van der Waals surface area contributed by atoms with Gasteiger partial charge in [-0.25, -0.2) is 0 Å². The molecule has 22 heavy (non-hydrogen) atoms. The van der Waals surface area contributed by atoms with Crippen molar-refractivity contribution < 1.29 is 0 Å². The maximum absolute atomic E-state index is 2.43. The van der Waals surface area contributed by atoms with Crippen LogP contribution in [0.2, 0.25) is 0 Å². The average Bonchev–Trinajstić information content (AvgIpc) is 3.15. The Hall–Kier alpha value is -0.940. The van der Waals surface area contributed by atoms with Gasteiger partial charge in [0.25, 0.3) is 0 Å². The summed E-state index contributed by atoms with van der Waals surface area (Å²) in [4.78, 5) is 2.92. The first kappa shape index (κ1) is 13.5. The molecule has 0 nitrogen and oxygen atoms in total. The molecule has 0 aliphatic heterocycles. The first-order valence-corrected chi connectivity index (χ1v) is 10.7. The van der Waals surface area contributed by atoms with Crippen LogP contribution in [0.4, 0.5) is 0 Å². The van der Waals surface area contributed by atoms with Crippen molar-refractivity contribution >= 4 is 84.3 Å². The summed E-state index contributed by atoms with van der Waals surface area (Å²) in [6.07, 6.45) is 0. The van der Waals surface area contributed by atoms with E-state index >= 15 is 0 Å². The van der Waals surface area contributed by atoms with Gasteiger partial charge in [0, 0.05) is 39.3 Å². The summed E-state index contributed by atoms with van der Waals surface area (Å²) < 4.78 is 8.74. The zero-order chi connectivity index (χ0) is 15.0. The van der Waals surface area contributed by atoms with Crippen LogP contribution in [0, 0.1) is 6.92 Å². The van der Waals surface area contributed by atoms with Crippen molar-refractivity contribution in [2.45, 2.75) is 26.7 Å². The van der Waals surface area contributed by atoms with Gasteiger partial charge in [-0.1, -0.05) is 13.8 Å². The summed E-state index contributed by atoms with van der Waals surface area (Å²) >= 11 is 7.80. The summed E-state index contributed by atoms with van der Waals surface area (Å²) in [6.45, 7) is 6.77. The molecule has 0 amide bonds. The van der Waals surface area contributed by atoms with E-state index in [0.29, 0.717) is 5.92 Å². The molecule has 0 fully saturated rings. The monoisotopic (exact) mass is 358 g/mol. The van der Waals surface area contributed by atoms with Crippen LogP contribution < -0.4 is 0 Å². The van der Waals surface area contributed by atoms with Crippen LogP contribution in [0.3, 0.4) is 0 Å². The molecule has 0 aliphatic carbocycles. The Morgan fingerprint density at radius 2 is 1.27 bits per heavy atom. The van der Waals surface area contributed by atoms with Gasteiger partial charge in [-0.15, -0.1) is 45.3 Å². The molecule has 4 heteroatoms. The number of benzene rings is 1. The van der Waals surface area contributed by atoms with Gasteiger partial charge in [-0.05, 0) is 37.1 Å². The van der Waals surface area contributed by atoms with Gasteiger partial charge in [-0.3, -0.25) is 0 Å². The molecular weight excluding hydrogens is 344 g/mol. The van der Waals surface area contributed by atoms with E-state index < -0.39 is 0 Å². The number of rotatable bonds is 1. The van der Waals surface area contributed by atoms with Crippen LogP contribution in [0.15, 0.2) is 24.3 Å². The van der Waals surface area contributed by atoms with Crippen molar-refractivity contribution in [3.63, 3.8) is 0 Å². The number of hydrogen-bond acceptors (Lipinski definition) is 4. The third kappa shape index (κ3) is 1.78. The summed E-state index contributed by atoms with van der Waals surface area (Å²) in [6, 6.07) is 9.58. The molecule has 0 spiro atoms. The van der Waals surface area contributed by atoms with Crippen LogP contribution in [-0.2, 0) is 0 Å². The molecule has 0 atom stereocenters. The highest BCUT2D eigenvalue weighted by molar-refractivity contribution is 7.34. The Balaban J connectivity index is 1.89. The molecular formula is C18H14S4. The van der Waals surface area contributed by atoms with Crippen molar-refractivity contribution in [1.29, 1.82) is 0 Å². The maximum atomic E-state index is 2.43. The normalized spacial score (nSPS) is 12.7. The molecule has 4 heterocycles. The molecule has 0 N–H and O–H groups in total. The van der Waals surface area contributed by atoms with Gasteiger partial charge < -0.3 is 0 Å². The molecule has 1 aromatic carbocycles. The van der Waals surface area contributed by atoms with E-state index in [1.54, 1.807) is 0 Å². The summed E-state index contributed by atoms with van der Waals surface area (Å²) in [5.41, 5.74) is 0. The molecule has 0 aliphatic rings. The van der Waals surface area contributed by atoms with Gasteiger partial charge in [0.2, 0.25) is 0 Å². The second kappa shape index (κ2) is 4.54. The molecule has 0 saturated carbocycles. The maximum Gasteiger partial charge on any atom is 0.0532 e. The first-order chi connectivity index (χ1) is 10.6. The molecule has 5 rings (SSSR count). The Bertz CT molecular complexity index is 1160. The van der Waals surface area contributed by atoms with Gasteiger partial charge in [-0.2, -0.15) is 0 Å². The minimum absolute atomic E-state index is 0.624. The van der Waals surface area contributed by atoms with Gasteiger partial charge in [0.1, 0.15) is 0 Å². The zero-order valence-electron chi connectivity index (χ0n) is 12.5. The van der Waals surface area contributed by atoms with Gasteiger partial charge in [0.15, 0.2) is 0 Å². The molecule has 0 unspecified atom stereocenters. The average molecular weight is 359 g/mol. The Morgan fingerprint density at radius 1 is 0.682 bits per heavy atom. The van der Waals surface area contributed by atoms with E-state index in [-0.39, 0.29) is 0 Å². The van der Waals surface area contributed by atoms with Crippen molar-refractivity contribution in [3.05, 3.63) is 34.0 Å². The number of hydrogen-bond donors (Lipinski definition) is 0. The standard InChI is InChI=1S/C18H14S4/c1-8(2)12-7-16-18(22-12)11-6-13-10(5-14(11)21-16)17-15(20-13)4-9(3)19-17/h4-8H,1-3H3. The highest BCUT2D eigenvalue weighted by atomic mass is 32.1. The minimum Gasteiger partial charge on any atom is -0.139 e. The van der Waals surface area contributed by atoms with E-state index in [2.05, 4.69) is 45.0 Å². The second-order valence-corrected chi connectivity index (χ2v) is 10.6. The second-order valence-electron chi connectivity index (χ2n) is 6.10. The van der Waals surface area contributed by atoms with Crippen LogP contribution in [-0.4, -0.2) is 0 Å². The van der Waals surface area contributed by atoms with E-state index in [4.69, 9.17) is 0 Å². The molecule has 110 valence electrons. The highest BCUT2D eigenvalue weighted by Gasteiger charge is 2.15. The van der Waals surface area contributed by atoms with Crippen LogP contribution in [0.5, 0.6) is 0 Å². The highest BCUT2D eigenvalue weighted by Crippen LogP contribution is 2.46. The van der Waals surface area contributed by atoms with Crippen molar-refractivity contribution in [3.8, 4) is 0 Å². The van der Waals surface area contributed by atoms with Crippen LogP contribution in [0.25, 0.3) is 39.0 Å². The Morgan fingerprint density at radius 3 is 1.91 bits per heavy atom. The van der Waals surface area contributed by atoms with Gasteiger partial charge in [0.05, 0.1) is 9.40 Å². The van der Waals surface area contributed by atoms with E-state index in [1.165, 1.54) is 48.7 Å². The summed E-state index contributed by atoms with van der Waals surface area (Å²) in [5.74, 6) is 0.624. The predicted molar refractivity (Wildman–Crippen MR) is 107 cm³/mol. The topological polar surface area (TPSA) is 0 Å². The fraction of sp³-hybridized carbons (Fsp3) is 0.222. The lowest BCUT2D eigenvalue weighted by molar-refractivity contribution is 0.891. The number of fused-ring (bicyclic) bond motifs is 6. The van der Waals surface area contributed by atoms with E-state index in [0.717, 1.165) is 0 Å². The molecule has 0 bridgehead atoms. The summed E-state index contributed by atoms with van der Waals surface area (Å²) in [7, 11) is 0. The lowest BCUT2D eigenvalue weighted by atomic mass is 10.2. The SMILES string of the molecule is Cc1cc2sc3cc4c(cc3c2s1)sc1cc(C(C)C)sc14. The van der Waals surface area contributed by atoms with Crippen molar-refractivity contribution in [2.24, 2.45) is 0 Å². The Labute approximate surface area is 144 Å². The van der Waals surface area contributed by atoms with Crippen LogP contribution in [0.1, 0.15) is 29.5 Å².